The molecular weight excluding hydrogens is 124 g/mol. The van der Waals surface area contributed by atoms with E-state index in [9.17, 15) is 5.11 Å². The van der Waals surface area contributed by atoms with E-state index in [2.05, 4.69) is 20.3 Å². The van der Waals surface area contributed by atoms with E-state index >= 15 is 0 Å². The summed E-state index contributed by atoms with van der Waals surface area (Å²) in [5, 5.41) is 9.30. The van der Waals surface area contributed by atoms with Crippen molar-refractivity contribution >= 4 is 23.1 Å². The summed E-state index contributed by atoms with van der Waals surface area (Å²) in [5.74, 6) is 0. The van der Waals surface area contributed by atoms with Crippen LogP contribution in [0.15, 0.2) is 0 Å². The third kappa shape index (κ3) is 53.1. The average molecular weight is 141 g/mol. The smallest absolute Gasteiger partial charge is 0.854 e. The van der Waals surface area contributed by atoms with E-state index in [1.165, 1.54) is 6.42 Å². The van der Waals surface area contributed by atoms with Crippen molar-refractivity contribution in [3.05, 3.63) is 6.42 Å². The van der Waals surface area contributed by atoms with Crippen LogP contribution in [-0.4, -0.2) is 29.7 Å². The molecular formula is C7H16MgO. The molecule has 0 aliphatic rings. The second-order valence-corrected chi connectivity index (χ2v) is 1.52. The van der Waals surface area contributed by atoms with Gasteiger partial charge in [-0.15, -0.1) is 6.61 Å². The minimum absolute atomic E-state index is 0. The van der Waals surface area contributed by atoms with Gasteiger partial charge in [-0.1, -0.05) is 20.3 Å². The third-order valence-electron chi connectivity index (χ3n) is 0.612. The Morgan fingerprint density at radius 2 is 1.56 bits per heavy atom. The van der Waals surface area contributed by atoms with Crippen LogP contribution in [0.5, 0.6) is 0 Å². The van der Waals surface area contributed by atoms with Gasteiger partial charge in [0.2, 0.25) is 0 Å². The van der Waals surface area contributed by atoms with Crippen LogP contribution < -0.4 is 5.11 Å². The summed E-state index contributed by atoms with van der Waals surface area (Å²) in [4.78, 5) is 0. The Balaban J connectivity index is -0.0000000720. The molecule has 1 nitrogen and oxygen atoms in total. The van der Waals surface area contributed by atoms with E-state index in [1.54, 1.807) is 0 Å². The molecule has 0 aromatic rings. The molecule has 0 amide bonds. The summed E-state index contributed by atoms with van der Waals surface area (Å²) in [6, 6.07) is 0. The fourth-order valence-corrected chi connectivity index (χ4v) is 0. The molecule has 0 aromatic carbocycles. The first-order valence-corrected chi connectivity index (χ1v) is 3.19. The monoisotopic (exact) mass is 140 g/mol. The predicted octanol–water partition coefficient (Wildman–Crippen LogP) is 0.996. The van der Waals surface area contributed by atoms with Crippen molar-refractivity contribution < 1.29 is 5.11 Å². The first kappa shape index (κ1) is 16.4. The Morgan fingerprint density at radius 3 is 1.56 bits per heavy atom. The van der Waals surface area contributed by atoms with Crippen LogP contribution in [0.25, 0.3) is 0 Å². The number of hydrogen-bond donors (Lipinski definition) is 0. The summed E-state index contributed by atoms with van der Waals surface area (Å²) in [6.45, 7) is 6.12. The average Bonchev–Trinajstić information content (AvgIpc) is 1.88. The van der Waals surface area contributed by atoms with Crippen molar-refractivity contribution in [3.63, 3.8) is 0 Å². The van der Waals surface area contributed by atoms with E-state index in [-0.39, 0.29) is 29.7 Å². The standard InChI is InChI=1S/C4H9.C3H7O.Mg/c1-3-4-2;1-2-3-4;/h3H,4H2,1-2H3;2-3H2,1H3;/q2*-1;+2. The fraction of sp³-hybridized carbons (Fsp3) is 0.857. The minimum atomic E-state index is 0. The molecule has 0 saturated carbocycles. The van der Waals surface area contributed by atoms with Gasteiger partial charge in [0.1, 0.15) is 0 Å². The van der Waals surface area contributed by atoms with Gasteiger partial charge in [-0.2, -0.15) is 13.3 Å². The molecule has 0 spiro atoms. The van der Waals surface area contributed by atoms with Crippen LogP contribution in [0.1, 0.15) is 33.6 Å². The molecule has 0 N–H and O–H groups in total. The Labute approximate surface area is 75.0 Å². The molecule has 0 bridgehead atoms. The van der Waals surface area contributed by atoms with Crippen molar-refractivity contribution in [3.8, 4) is 0 Å². The van der Waals surface area contributed by atoms with Gasteiger partial charge < -0.3 is 11.5 Å². The molecule has 9 heavy (non-hydrogen) atoms. The number of rotatable bonds is 2. The van der Waals surface area contributed by atoms with Crippen LogP contribution in [0.3, 0.4) is 0 Å². The molecule has 0 rings (SSSR count). The van der Waals surface area contributed by atoms with Crippen molar-refractivity contribution in [2.45, 2.75) is 33.6 Å². The van der Waals surface area contributed by atoms with Crippen LogP contribution in [-0.2, 0) is 0 Å². The molecule has 0 aliphatic carbocycles. The maximum absolute atomic E-state index is 9.30. The van der Waals surface area contributed by atoms with Gasteiger partial charge >= 0.3 is 23.1 Å². The zero-order valence-electron chi connectivity index (χ0n) is 6.81. The van der Waals surface area contributed by atoms with E-state index in [0.29, 0.717) is 0 Å². The fourth-order valence-electron chi connectivity index (χ4n) is 0. The van der Waals surface area contributed by atoms with Crippen LogP contribution in [0.2, 0.25) is 0 Å². The number of hydrogen-bond acceptors (Lipinski definition) is 1. The Kier molecular flexibility index (Phi) is 42.4. The van der Waals surface area contributed by atoms with Gasteiger partial charge in [0.05, 0.1) is 0 Å². The molecule has 0 radical (unpaired) electrons. The zero-order chi connectivity index (χ0) is 6.83. The maximum Gasteiger partial charge on any atom is 2.00 e. The summed E-state index contributed by atoms with van der Waals surface area (Å²) in [7, 11) is 0. The van der Waals surface area contributed by atoms with E-state index in [4.69, 9.17) is 0 Å². The first-order valence-electron chi connectivity index (χ1n) is 3.19. The molecule has 0 unspecified atom stereocenters. The molecule has 0 aliphatic heterocycles. The maximum atomic E-state index is 9.30. The van der Waals surface area contributed by atoms with Crippen molar-refractivity contribution in [2.75, 3.05) is 6.61 Å². The Bertz CT molecular complexity index is 16.9. The molecule has 52 valence electrons. The van der Waals surface area contributed by atoms with Crippen molar-refractivity contribution in [2.24, 2.45) is 0 Å². The number of unbranched alkanes of at least 4 members (excludes halogenated alkanes) is 1. The Morgan fingerprint density at radius 1 is 1.33 bits per heavy atom. The zero-order valence-corrected chi connectivity index (χ0v) is 8.23. The predicted molar refractivity (Wildman–Crippen MR) is 41.2 cm³/mol. The SMILES string of the molecule is CCC[O-].C[CH-]CC.[Mg+2]. The summed E-state index contributed by atoms with van der Waals surface area (Å²) in [5.41, 5.74) is 0. The van der Waals surface area contributed by atoms with Gasteiger partial charge in [-0.3, -0.25) is 0 Å². The van der Waals surface area contributed by atoms with Gasteiger partial charge in [0.25, 0.3) is 0 Å². The minimum Gasteiger partial charge on any atom is -0.854 e. The largest absolute Gasteiger partial charge is 2.00 e. The Hall–Kier alpha value is 0.726. The first-order chi connectivity index (χ1) is 3.83. The summed E-state index contributed by atoms with van der Waals surface area (Å²) >= 11 is 0. The van der Waals surface area contributed by atoms with Gasteiger partial charge in [-0.25, -0.2) is 0 Å². The normalized spacial score (nSPS) is 6.67. The second-order valence-electron chi connectivity index (χ2n) is 1.52. The molecule has 0 heterocycles. The van der Waals surface area contributed by atoms with Gasteiger partial charge in [0.15, 0.2) is 0 Å². The molecule has 0 fully saturated rings. The summed E-state index contributed by atoms with van der Waals surface area (Å²) < 4.78 is 0. The molecule has 2 heteroatoms. The van der Waals surface area contributed by atoms with Crippen LogP contribution >= 0.6 is 0 Å². The summed E-state index contributed by atoms with van der Waals surface area (Å²) in [6.07, 6.45) is 4.08. The third-order valence-corrected chi connectivity index (χ3v) is 0.612. The molecule has 0 saturated heterocycles. The van der Waals surface area contributed by atoms with Crippen molar-refractivity contribution in [1.82, 2.24) is 0 Å². The van der Waals surface area contributed by atoms with E-state index < -0.39 is 0 Å². The van der Waals surface area contributed by atoms with E-state index in [1.807, 2.05) is 6.92 Å². The van der Waals surface area contributed by atoms with Gasteiger partial charge in [-0.05, 0) is 0 Å². The molecule has 0 aromatic heterocycles. The topological polar surface area (TPSA) is 23.1 Å². The van der Waals surface area contributed by atoms with Crippen LogP contribution in [0.4, 0.5) is 0 Å². The van der Waals surface area contributed by atoms with E-state index in [0.717, 1.165) is 6.42 Å². The quantitative estimate of drug-likeness (QED) is 0.415. The van der Waals surface area contributed by atoms with Gasteiger partial charge in [0, 0.05) is 0 Å². The van der Waals surface area contributed by atoms with Crippen LogP contribution in [0, 0.1) is 6.42 Å². The van der Waals surface area contributed by atoms with Crippen molar-refractivity contribution in [1.29, 1.82) is 0 Å². The molecule has 0 atom stereocenters. The second kappa shape index (κ2) is 23.3.